The molecule has 7 heteroatoms. The first-order chi connectivity index (χ1) is 8.34. The molecule has 0 radical (unpaired) electrons. The van der Waals surface area contributed by atoms with Gasteiger partial charge < -0.3 is 4.57 Å². The van der Waals surface area contributed by atoms with Crippen LogP contribution in [0.1, 0.15) is 0 Å². The van der Waals surface area contributed by atoms with Gasteiger partial charge in [-0.15, -0.1) is 32.9 Å². The van der Waals surface area contributed by atoms with Gasteiger partial charge >= 0.3 is 0 Å². The van der Waals surface area contributed by atoms with Crippen molar-refractivity contribution < 1.29 is 0 Å². The van der Waals surface area contributed by atoms with Gasteiger partial charge in [0.25, 0.3) is 0 Å². The molecule has 0 aliphatic heterocycles. The van der Waals surface area contributed by atoms with Crippen LogP contribution in [0.5, 0.6) is 0 Å². The van der Waals surface area contributed by atoms with E-state index in [-0.39, 0.29) is 0 Å². The van der Waals surface area contributed by atoms with Crippen LogP contribution in [0.3, 0.4) is 0 Å². The average molecular weight is 280 g/mol. The topological polar surface area (TPSA) is 43.6 Å². The fraction of sp³-hybridized carbons (Fsp3) is 0.100. The summed E-state index contributed by atoms with van der Waals surface area (Å²) < 4.78 is 2.98. The summed E-state index contributed by atoms with van der Waals surface area (Å²) in [5.41, 5.74) is 0. The molecule has 0 aliphatic carbocycles. The largest absolute Gasteiger partial charge is 0.304 e. The van der Waals surface area contributed by atoms with E-state index in [0.29, 0.717) is 0 Å². The highest BCUT2D eigenvalue weighted by molar-refractivity contribution is 8.00. The molecule has 17 heavy (non-hydrogen) atoms. The number of rotatable bonds is 3. The fourth-order valence-electron chi connectivity index (χ4n) is 1.36. The van der Waals surface area contributed by atoms with Crippen LogP contribution in [0.2, 0.25) is 0 Å². The standard InChI is InChI=1S/C10H8N4S3/c1-14-8(7-3-2-5-15-7)12-13-9(14)17-10-11-4-6-16-10/h2-6H,1H3. The quantitative estimate of drug-likeness (QED) is 0.739. The van der Waals surface area contributed by atoms with Crippen molar-refractivity contribution in [2.24, 2.45) is 7.05 Å². The number of hydrogen-bond acceptors (Lipinski definition) is 6. The average Bonchev–Trinajstić information content (AvgIpc) is 3.03. The Morgan fingerprint density at radius 3 is 2.88 bits per heavy atom. The van der Waals surface area contributed by atoms with Gasteiger partial charge in [-0.25, -0.2) is 4.98 Å². The van der Waals surface area contributed by atoms with Crippen LogP contribution in [0.25, 0.3) is 10.7 Å². The first kappa shape index (κ1) is 10.9. The molecule has 4 nitrogen and oxygen atoms in total. The molecular weight excluding hydrogens is 272 g/mol. The highest BCUT2D eigenvalue weighted by atomic mass is 32.2. The lowest BCUT2D eigenvalue weighted by Crippen LogP contribution is -1.92. The summed E-state index contributed by atoms with van der Waals surface area (Å²) >= 11 is 4.81. The molecule has 0 unspecified atom stereocenters. The maximum absolute atomic E-state index is 4.23. The molecule has 0 amide bonds. The highest BCUT2D eigenvalue weighted by Gasteiger charge is 2.13. The van der Waals surface area contributed by atoms with Gasteiger partial charge in [0.15, 0.2) is 15.3 Å². The van der Waals surface area contributed by atoms with E-state index in [2.05, 4.69) is 15.2 Å². The molecular formula is C10H8N4S3. The Hall–Kier alpha value is -1.18. The second kappa shape index (κ2) is 4.59. The van der Waals surface area contributed by atoms with Gasteiger partial charge in [-0.1, -0.05) is 6.07 Å². The van der Waals surface area contributed by atoms with Crippen molar-refractivity contribution in [1.82, 2.24) is 19.7 Å². The molecule has 86 valence electrons. The Balaban J connectivity index is 1.93. The third-order valence-corrected chi connectivity index (χ3v) is 4.95. The van der Waals surface area contributed by atoms with Crippen molar-refractivity contribution in [3.63, 3.8) is 0 Å². The van der Waals surface area contributed by atoms with E-state index >= 15 is 0 Å². The Morgan fingerprint density at radius 2 is 2.18 bits per heavy atom. The number of nitrogens with zero attached hydrogens (tertiary/aromatic N) is 4. The lowest BCUT2D eigenvalue weighted by atomic mass is 10.4. The molecule has 0 N–H and O–H groups in total. The highest BCUT2D eigenvalue weighted by Crippen LogP contribution is 2.30. The molecule has 0 saturated heterocycles. The Kier molecular flexibility index (Phi) is 2.96. The Morgan fingerprint density at radius 1 is 1.24 bits per heavy atom. The molecule has 0 fully saturated rings. The first-order valence-electron chi connectivity index (χ1n) is 4.85. The molecule has 0 bridgehead atoms. The van der Waals surface area contributed by atoms with Gasteiger partial charge in [-0.3, -0.25) is 0 Å². The van der Waals surface area contributed by atoms with Crippen molar-refractivity contribution in [2.45, 2.75) is 9.50 Å². The molecule has 3 rings (SSSR count). The summed E-state index contributed by atoms with van der Waals surface area (Å²) in [7, 11) is 1.98. The van der Waals surface area contributed by atoms with Crippen LogP contribution in [-0.4, -0.2) is 19.7 Å². The van der Waals surface area contributed by atoms with Gasteiger partial charge in [0.2, 0.25) is 0 Å². The van der Waals surface area contributed by atoms with Crippen molar-refractivity contribution >= 4 is 34.4 Å². The number of thiazole rings is 1. The van der Waals surface area contributed by atoms with Gasteiger partial charge in [0.05, 0.1) is 4.88 Å². The van der Waals surface area contributed by atoms with Crippen LogP contribution >= 0.6 is 34.4 Å². The van der Waals surface area contributed by atoms with E-state index in [4.69, 9.17) is 0 Å². The van der Waals surface area contributed by atoms with Gasteiger partial charge in [0.1, 0.15) is 0 Å². The predicted molar refractivity (Wildman–Crippen MR) is 70.6 cm³/mol. The fourth-order valence-corrected chi connectivity index (χ4v) is 3.62. The summed E-state index contributed by atoms with van der Waals surface area (Å²) in [5, 5.41) is 13.3. The molecule has 0 aliphatic rings. The zero-order valence-corrected chi connectivity index (χ0v) is 11.3. The second-order valence-corrected chi connectivity index (χ2v) is 6.30. The van der Waals surface area contributed by atoms with E-state index in [0.717, 1.165) is 20.2 Å². The van der Waals surface area contributed by atoms with Crippen molar-refractivity contribution in [1.29, 1.82) is 0 Å². The summed E-state index contributed by atoms with van der Waals surface area (Å²) in [6.45, 7) is 0. The lowest BCUT2D eigenvalue weighted by molar-refractivity contribution is 0.794. The summed E-state index contributed by atoms with van der Waals surface area (Å²) in [6.07, 6.45) is 1.80. The zero-order chi connectivity index (χ0) is 11.7. The smallest absolute Gasteiger partial charge is 0.198 e. The summed E-state index contributed by atoms with van der Waals surface area (Å²) in [4.78, 5) is 5.36. The lowest BCUT2D eigenvalue weighted by Gasteiger charge is -1.99. The third kappa shape index (κ3) is 2.13. The maximum atomic E-state index is 4.23. The molecule has 0 spiro atoms. The van der Waals surface area contributed by atoms with E-state index in [1.807, 2.05) is 34.5 Å². The maximum Gasteiger partial charge on any atom is 0.198 e. The van der Waals surface area contributed by atoms with Crippen LogP contribution in [0.15, 0.2) is 38.6 Å². The molecule has 0 atom stereocenters. The van der Waals surface area contributed by atoms with Crippen molar-refractivity contribution in [3.8, 4) is 10.7 Å². The van der Waals surface area contributed by atoms with Crippen molar-refractivity contribution in [3.05, 3.63) is 29.1 Å². The normalized spacial score (nSPS) is 10.9. The van der Waals surface area contributed by atoms with Gasteiger partial charge in [-0.05, 0) is 23.2 Å². The van der Waals surface area contributed by atoms with E-state index in [1.165, 1.54) is 0 Å². The van der Waals surface area contributed by atoms with Crippen LogP contribution in [-0.2, 0) is 7.05 Å². The number of hydrogen-bond donors (Lipinski definition) is 0. The molecule has 3 aromatic rings. The van der Waals surface area contributed by atoms with Crippen LogP contribution < -0.4 is 0 Å². The second-order valence-electron chi connectivity index (χ2n) is 3.24. The minimum atomic E-state index is 0.864. The molecule has 3 aromatic heterocycles. The zero-order valence-electron chi connectivity index (χ0n) is 8.90. The van der Waals surface area contributed by atoms with Gasteiger partial charge in [0, 0.05) is 18.6 Å². The van der Waals surface area contributed by atoms with Crippen molar-refractivity contribution in [2.75, 3.05) is 0 Å². The van der Waals surface area contributed by atoms with Crippen LogP contribution in [0, 0.1) is 0 Å². The predicted octanol–water partition coefficient (Wildman–Crippen LogP) is 3.15. The Labute approximate surface area is 110 Å². The number of thiophene rings is 1. The van der Waals surface area contributed by atoms with Gasteiger partial charge in [-0.2, -0.15) is 0 Å². The minimum Gasteiger partial charge on any atom is -0.304 e. The third-order valence-electron chi connectivity index (χ3n) is 2.16. The minimum absolute atomic E-state index is 0.864. The molecule has 3 heterocycles. The number of aromatic nitrogens is 4. The summed E-state index contributed by atoms with van der Waals surface area (Å²) in [5.74, 6) is 0.902. The van der Waals surface area contributed by atoms with E-state index in [1.54, 1.807) is 40.6 Å². The SMILES string of the molecule is Cn1c(Sc2nccs2)nnc1-c1cccs1. The summed E-state index contributed by atoms with van der Waals surface area (Å²) in [6, 6.07) is 4.06. The Bertz CT molecular complexity index is 598. The monoisotopic (exact) mass is 280 g/mol. The van der Waals surface area contributed by atoms with E-state index in [9.17, 15) is 0 Å². The molecule has 0 aromatic carbocycles. The first-order valence-corrected chi connectivity index (χ1v) is 7.43. The van der Waals surface area contributed by atoms with Crippen LogP contribution in [0.4, 0.5) is 0 Å². The van der Waals surface area contributed by atoms with E-state index < -0.39 is 0 Å². The molecule has 0 saturated carbocycles.